The van der Waals surface area contributed by atoms with Crippen LogP contribution in [-0.4, -0.2) is 5.11 Å². The number of hydrogen-bond donors (Lipinski definition) is 1. The Morgan fingerprint density at radius 2 is 1.48 bits per heavy atom. The smallest absolute Gasteiger partial charge is 0.364 e. The number of fused-ring (bicyclic) bond motifs is 1. The summed E-state index contributed by atoms with van der Waals surface area (Å²) < 4.78 is 39.8. The third-order valence-electron chi connectivity index (χ3n) is 3.05. The highest BCUT2D eigenvalue weighted by Gasteiger charge is 2.19. The van der Waals surface area contributed by atoms with Crippen molar-refractivity contribution in [1.82, 2.24) is 0 Å². The van der Waals surface area contributed by atoms with Gasteiger partial charge in [0, 0.05) is 12.1 Å². The van der Waals surface area contributed by atoms with E-state index in [1.54, 1.807) is 12.1 Å². The summed E-state index contributed by atoms with van der Waals surface area (Å²) in [7, 11) is -4.94. The standard InChI is InChI=1S/C16H12O2.ClHO4/c1-11-10-16(13-7-2-4-8-14(13)17)18-15-9-5-3-6-12(11)15;2-1(3,4)5/h2-10H,1H3;(H,2,3,4,5). The number of phenolic OH excluding ortho intramolecular Hbond substituents is 1. The highest BCUT2D eigenvalue weighted by Crippen LogP contribution is 2.32. The SMILES string of the molecule is Cc1cc(-c2ccccc2O)[o+]c2ccccc12.[O-][Cl+3]([O-])([O-])[O-]. The van der Waals surface area contributed by atoms with Crippen molar-refractivity contribution in [1.29, 1.82) is 0 Å². The summed E-state index contributed by atoms with van der Waals surface area (Å²) >= 11 is 0. The number of para-hydroxylation sites is 2. The number of benzene rings is 2. The molecule has 0 fully saturated rings. The molecule has 1 aromatic heterocycles. The second kappa shape index (κ2) is 6.91. The molecule has 0 atom stereocenters. The molecule has 6 nitrogen and oxygen atoms in total. The van der Waals surface area contributed by atoms with Crippen molar-refractivity contribution in [3.8, 4) is 17.1 Å². The van der Waals surface area contributed by atoms with Crippen LogP contribution in [0.1, 0.15) is 5.56 Å². The molecule has 0 saturated heterocycles. The molecule has 0 bridgehead atoms. The molecule has 0 saturated carbocycles. The van der Waals surface area contributed by atoms with Crippen molar-refractivity contribution in [2.24, 2.45) is 0 Å². The minimum Gasteiger partial charge on any atom is -0.507 e. The first-order chi connectivity index (χ1) is 10.8. The molecule has 23 heavy (non-hydrogen) atoms. The lowest BCUT2D eigenvalue weighted by Crippen LogP contribution is -2.68. The van der Waals surface area contributed by atoms with Gasteiger partial charge in [-0.05, 0) is 30.7 Å². The first-order valence-electron chi connectivity index (χ1n) is 6.48. The van der Waals surface area contributed by atoms with E-state index in [0.29, 0.717) is 11.3 Å². The molecule has 7 heteroatoms. The average molecular weight is 337 g/mol. The van der Waals surface area contributed by atoms with Crippen molar-refractivity contribution in [2.45, 2.75) is 6.92 Å². The molecule has 0 aliphatic carbocycles. The molecular weight excluding hydrogens is 324 g/mol. The van der Waals surface area contributed by atoms with E-state index in [9.17, 15) is 5.11 Å². The molecule has 0 aliphatic heterocycles. The molecular formula is C16H13ClO6. The zero-order valence-corrected chi connectivity index (χ0v) is 12.8. The van der Waals surface area contributed by atoms with Crippen LogP contribution in [0.5, 0.6) is 5.75 Å². The van der Waals surface area contributed by atoms with Crippen LogP contribution in [0.25, 0.3) is 22.3 Å². The maximum Gasteiger partial charge on any atom is 0.364 e. The summed E-state index contributed by atoms with van der Waals surface area (Å²) in [5.41, 5.74) is 2.68. The number of hydrogen-bond acceptors (Lipinski definition) is 5. The lowest BCUT2D eigenvalue weighted by molar-refractivity contribution is -2.00. The minimum atomic E-state index is -4.94. The van der Waals surface area contributed by atoms with Gasteiger partial charge in [-0.1, -0.05) is 24.3 Å². The van der Waals surface area contributed by atoms with E-state index in [-0.39, 0.29) is 5.75 Å². The van der Waals surface area contributed by atoms with E-state index in [2.05, 4.69) is 0 Å². The van der Waals surface area contributed by atoms with Crippen LogP contribution in [0.3, 0.4) is 0 Å². The zero-order chi connectivity index (χ0) is 17.0. The number of rotatable bonds is 1. The minimum absolute atomic E-state index is 0.232. The summed E-state index contributed by atoms with van der Waals surface area (Å²) in [5, 5.41) is 11.0. The fourth-order valence-electron chi connectivity index (χ4n) is 2.12. The summed E-state index contributed by atoms with van der Waals surface area (Å²) in [5.74, 6) is 0.917. The van der Waals surface area contributed by atoms with E-state index in [1.807, 2.05) is 49.4 Å². The molecule has 1 heterocycles. The van der Waals surface area contributed by atoms with E-state index in [4.69, 9.17) is 23.1 Å². The van der Waals surface area contributed by atoms with Crippen LogP contribution in [0.4, 0.5) is 0 Å². The van der Waals surface area contributed by atoms with Gasteiger partial charge < -0.3 is 5.11 Å². The summed E-state index contributed by atoms with van der Waals surface area (Å²) in [6, 6.07) is 17.1. The molecule has 0 unspecified atom stereocenters. The van der Waals surface area contributed by atoms with Crippen LogP contribution < -0.4 is 18.6 Å². The van der Waals surface area contributed by atoms with Crippen molar-refractivity contribution < 1.29 is 38.4 Å². The lowest BCUT2D eigenvalue weighted by atomic mass is 10.1. The Morgan fingerprint density at radius 1 is 0.913 bits per heavy atom. The fraction of sp³-hybridized carbons (Fsp3) is 0.0625. The fourth-order valence-corrected chi connectivity index (χ4v) is 2.12. The van der Waals surface area contributed by atoms with Gasteiger partial charge in [0.05, 0.1) is 5.39 Å². The van der Waals surface area contributed by atoms with Crippen molar-refractivity contribution in [3.63, 3.8) is 0 Å². The predicted octanol–water partition coefficient (Wildman–Crippen LogP) is -0.361. The second-order valence-corrected chi connectivity index (χ2v) is 5.44. The first-order valence-corrected chi connectivity index (χ1v) is 7.72. The van der Waals surface area contributed by atoms with Gasteiger partial charge in [0.2, 0.25) is 0 Å². The zero-order valence-electron chi connectivity index (χ0n) is 12.1. The van der Waals surface area contributed by atoms with Crippen LogP contribution in [0.15, 0.2) is 59.0 Å². The van der Waals surface area contributed by atoms with Gasteiger partial charge in [0.15, 0.2) is 0 Å². The third kappa shape index (κ3) is 4.88. The van der Waals surface area contributed by atoms with E-state index >= 15 is 0 Å². The van der Waals surface area contributed by atoms with Gasteiger partial charge in [-0.2, -0.15) is 0 Å². The molecule has 3 rings (SSSR count). The number of aryl methyl sites for hydroxylation is 1. The Bertz CT molecular complexity index is 807. The maximum absolute atomic E-state index is 9.87. The highest BCUT2D eigenvalue weighted by molar-refractivity contribution is 5.83. The Kier molecular flexibility index (Phi) is 5.15. The summed E-state index contributed by atoms with van der Waals surface area (Å²) in [6.45, 7) is 2.04. The molecule has 3 aromatic rings. The lowest BCUT2D eigenvalue weighted by Gasteiger charge is -2.17. The van der Waals surface area contributed by atoms with E-state index in [1.165, 1.54) is 0 Å². The van der Waals surface area contributed by atoms with Crippen LogP contribution >= 0.6 is 0 Å². The molecule has 0 spiro atoms. The largest absolute Gasteiger partial charge is 0.507 e. The van der Waals surface area contributed by atoms with Gasteiger partial charge in [-0.15, -0.1) is 10.2 Å². The van der Waals surface area contributed by atoms with Crippen molar-refractivity contribution in [3.05, 3.63) is 60.2 Å². The van der Waals surface area contributed by atoms with Gasteiger partial charge >= 0.3 is 11.3 Å². The number of phenols is 1. The average Bonchev–Trinajstić information content (AvgIpc) is 2.46. The normalized spacial score (nSPS) is 11.0. The molecule has 120 valence electrons. The summed E-state index contributed by atoms with van der Waals surface area (Å²) in [6.07, 6.45) is 0. The van der Waals surface area contributed by atoms with E-state index < -0.39 is 10.2 Å². The van der Waals surface area contributed by atoms with Crippen molar-refractivity contribution >= 4 is 11.0 Å². The van der Waals surface area contributed by atoms with Gasteiger partial charge in [-0.25, -0.2) is 23.1 Å². The highest BCUT2D eigenvalue weighted by atomic mass is 35.7. The Balaban J connectivity index is 0.000000338. The van der Waals surface area contributed by atoms with Crippen molar-refractivity contribution in [2.75, 3.05) is 0 Å². The first kappa shape index (κ1) is 17.1. The van der Waals surface area contributed by atoms with E-state index in [0.717, 1.165) is 16.5 Å². The van der Waals surface area contributed by atoms with Gasteiger partial charge in [0.1, 0.15) is 11.3 Å². The van der Waals surface area contributed by atoms with Gasteiger partial charge in [-0.3, -0.25) is 0 Å². The number of aromatic hydroxyl groups is 1. The Labute approximate surface area is 134 Å². The van der Waals surface area contributed by atoms with Crippen LogP contribution in [0, 0.1) is 17.2 Å². The monoisotopic (exact) mass is 336 g/mol. The molecule has 2 aromatic carbocycles. The topological polar surface area (TPSA) is 124 Å². The Hall–Kier alpha value is -2.22. The summed E-state index contributed by atoms with van der Waals surface area (Å²) in [4.78, 5) is 0. The van der Waals surface area contributed by atoms with Crippen LogP contribution in [0.2, 0.25) is 0 Å². The predicted molar refractivity (Wildman–Crippen MR) is 72.5 cm³/mol. The number of halogens is 1. The van der Waals surface area contributed by atoms with Gasteiger partial charge in [0.25, 0.3) is 0 Å². The second-order valence-electron chi connectivity index (χ2n) is 4.68. The third-order valence-corrected chi connectivity index (χ3v) is 3.05. The molecule has 0 aliphatic rings. The molecule has 0 amide bonds. The maximum atomic E-state index is 9.87. The van der Waals surface area contributed by atoms with Crippen LogP contribution in [-0.2, 0) is 0 Å². The Morgan fingerprint density at radius 3 is 2.13 bits per heavy atom. The molecule has 0 radical (unpaired) electrons. The quantitative estimate of drug-likeness (QED) is 0.605. The molecule has 1 N–H and O–H groups in total.